The van der Waals surface area contributed by atoms with Crippen molar-refractivity contribution in [3.05, 3.63) is 135 Å². The summed E-state index contributed by atoms with van der Waals surface area (Å²) in [6.45, 7) is 3.50. The number of nitrogens with zero attached hydrogens (tertiary/aromatic N) is 1. The molecule has 20 heteroatoms. The molecule has 0 aromatic heterocycles. The molecule has 0 fully saturated rings. The van der Waals surface area contributed by atoms with Crippen LogP contribution in [0.3, 0.4) is 0 Å². The molecule has 0 aliphatic carbocycles. The van der Waals surface area contributed by atoms with Crippen LogP contribution in [0.5, 0.6) is 5.75 Å². The Kier molecular flexibility index (Phi) is 14.2. The number of hydrazone groups is 1. The van der Waals surface area contributed by atoms with Crippen LogP contribution in [-0.4, -0.2) is 54.2 Å². The van der Waals surface area contributed by atoms with Gasteiger partial charge in [-0.1, -0.05) is 73.3 Å². The molecule has 5 rings (SSSR count). The number of carbonyl (C=O) groups excluding carboxylic acids is 2. The maximum Gasteiger partial charge on any atom is 0.295 e. The summed E-state index contributed by atoms with van der Waals surface area (Å²) in [6, 6.07) is 24.0. The third kappa shape index (κ3) is 11.6. The van der Waals surface area contributed by atoms with Gasteiger partial charge in [0.25, 0.3) is 32.1 Å². The summed E-state index contributed by atoms with van der Waals surface area (Å²) in [5.41, 5.74) is 8.79. The van der Waals surface area contributed by atoms with Crippen molar-refractivity contribution in [2.75, 3.05) is 10.6 Å². The summed E-state index contributed by atoms with van der Waals surface area (Å²) >= 11 is 11.8. The summed E-state index contributed by atoms with van der Waals surface area (Å²) in [5.74, 6) is -2.90. The Morgan fingerprint density at radius 3 is 1.97 bits per heavy atom. The maximum absolute atomic E-state index is 13.5. The number of aromatic hydroxyl groups is 1. The number of nitrogens with one attached hydrogen (secondary N) is 5. The van der Waals surface area contributed by atoms with Crippen molar-refractivity contribution in [2.45, 2.75) is 16.2 Å². The predicted octanol–water partition coefficient (Wildman–Crippen LogP) is 6.62. The second-order valence-electron chi connectivity index (χ2n) is 12.2. The minimum Gasteiger partial charge on any atom is -0.506 e. The van der Waals surface area contributed by atoms with Crippen LogP contribution >= 0.6 is 44.1 Å². The van der Waals surface area contributed by atoms with Gasteiger partial charge in [0.2, 0.25) is 0 Å². The van der Waals surface area contributed by atoms with Gasteiger partial charge >= 0.3 is 0 Å². The summed E-state index contributed by atoms with van der Waals surface area (Å²) in [6.07, 6.45) is 5.06. The van der Waals surface area contributed by atoms with Crippen molar-refractivity contribution in [1.29, 1.82) is 0 Å². The smallest absolute Gasteiger partial charge is 0.295 e. The Balaban J connectivity index is 1.31. The fraction of sp³-hybridized carbons (Fsp3) is 0.0526. The highest BCUT2D eigenvalue weighted by Gasteiger charge is 2.28. The fourth-order valence-electron chi connectivity index (χ4n) is 5.44. The highest BCUT2D eigenvalue weighted by Crippen LogP contribution is 2.33. The van der Waals surface area contributed by atoms with E-state index < -0.39 is 47.8 Å². The number of fused-ring (bicyclic) bond motifs is 1. The van der Waals surface area contributed by atoms with E-state index in [1.165, 1.54) is 48.8 Å². The first kappa shape index (κ1) is 43.6. The molecule has 1 atom stereocenters. The Labute approximate surface area is 355 Å². The molecule has 1 unspecified atom stereocenters. The van der Waals surface area contributed by atoms with Gasteiger partial charge < -0.3 is 15.7 Å². The van der Waals surface area contributed by atoms with Gasteiger partial charge in [-0.05, 0) is 126 Å². The topological polar surface area (TPSA) is 236 Å². The number of hydrogen-bond donors (Lipinski definition) is 8. The number of rotatable bonds is 13. The number of anilines is 2. The van der Waals surface area contributed by atoms with Crippen molar-refractivity contribution < 1.29 is 40.6 Å². The van der Waals surface area contributed by atoms with Crippen LogP contribution in [0.4, 0.5) is 11.4 Å². The minimum atomic E-state index is -4.86. The van der Waals surface area contributed by atoms with Gasteiger partial charge in [-0.3, -0.25) is 29.5 Å². The second kappa shape index (κ2) is 18.9. The molecule has 8 N–H and O–H groups in total. The van der Waals surface area contributed by atoms with E-state index in [2.05, 4.69) is 70.5 Å². The molecule has 0 aliphatic rings. The number of hydrogen-bond acceptors (Lipinski definition) is 10. The first-order valence-electron chi connectivity index (χ1n) is 16.6. The van der Waals surface area contributed by atoms with Crippen molar-refractivity contribution in [1.82, 2.24) is 16.3 Å². The zero-order valence-corrected chi connectivity index (χ0v) is 35.3. The molecule has 0 aliphatic heterocycles. The molecule has 0 spiro atoms. The molecular weight excluding hydrogens is 940 g/mol. The number of benzene rings is 5. The number of thiocarbonyl (C=S) groups is 1. The van der Waals surface area contributed by atoms with E-state index in [-0.39, 0.29) is 34.1 Å². The zero-order valence-electron chi connectivity index (χ0n) is 29.7. The normalized spacial score (nSPS) is 12.3. The number of phenolic OH excluding ortho intramolecular Hbond substituents is 1. The summed E-state index contributed by atoms with van der Waals surface area (Å²) in [5, 5.41) is 21.0. The van der Waals surface area contributed by atoms with E-state index in [9.17, 15) is 40.6 Å². The average molecular weight is 973 g/mol. The molecule has 0 radical (unpaired) electrons. The lowest BCUT2D eigenvalue weighted by atomic mass is 9.96. The molecule has 5 aromatic rings. The lowest BCUT2D eigenvalue weighted by Crippen LogP contribution is -2.49. The van der Waals surface area contributed by atoms with E-state index >= 15 is 0 Å². The highest BCUT2D eigenvalue weighted by atomic mass is 79.9. The molecule has 0 saturated heterocycles. The number of amides is 2. The second-order valence-corrected chi connectivity index (χ2v) is 17.1. The lowest BCUT2D eigenvalue weighted by molar-refractivity contribution is -0.135. The van der Waals surface area contributed by atoms with E-state index in [1.807, 2.05) is 36.4 Å². The molecule has 0 saturated carbocycles. The lowest BCUT2D eigenvalue weighted by Gasteiger charge is -2.18. The summed E-state index contributed by atoms with van der Waals surface area (Å²) in [7, 11) is -9.55. The zero-order chi connectivity index (χ0) is 42.2. The molecule has 0 heterocycles. The van der Waals surface area contributed by atoms with Gasteiger partial charge in [0, 0.05) is 11.4 Å². The molecule has 2 amide bonds. The van der Waals surface area contributed by atoms with Gasteiger partial charge in [0.1, 0.15) is 21.5 Å². The maximum atomic E-state index is 13.5. The van der Waals surface area contributed by atoms with E-state index in [0.29, 0.717) is 25.8 Å². The fourth-order valence-corrected chi connectivity index (χ4v) is 8.25. The average Bonchev–Trinajstić information content (AvgIpc) is 3.17. The molecule has 15 nitrogen and oxygen atoms in total. The van der Waals surface area contributed by atoms with E-state index in [1.54, 1.807) is 18.2 Å². The van der Waals surface area contributed by atoms with Crippen LogP contribution in [0.25, 0.3) is 22.9 Å². The van der Waals surface area contributed by atoms with E-state index in [4.69, 9.17) is 12.2 Å². The summed E-state index contributed by atoms with van der Waals surface area (Å²) in [4.78, 5) is 25.9. The standard InChI is InChI=1S/C38H32Br2N6O9S3/c1-2-41-28-13-11-25(33(19-28)57(50,51)52)9-10-26-12-14-29(20-34(26)58(53,54)55)43-38(56)46-45-37(49)30(16-22-7-8-24-5-3-4-6-27(24)15-22)36(48)44-42-21-23-17-31(39)35(47)32(40)18-23/h2-15,17-21,30,41,47H,1,16H2,(H,44,48)(H,45,49)(H2,43,46,56)(H,50,51,52)(H,53,54,55)/b10-9+,42-21-. The molecule has 300 valence electrons. The van der Waals surface area contributed by atoms with Crippen molar-refractivity contribution >= 4 is 122 Å². The van der Waals surface area contributed by atoms with Gasteiger partial charge in [-0.2, -0.15) is 21.9 Å². The number of phenols is 1. The summed E-state index contributed by atoms with van der Waals surface area (Å²) < 4.78 is 69.4. The van der Waals surface area contributed by atoms with Crippen LogP contribution < -0.4 is 26.9 Å². The minimum absolute atomic E-state index is 0.0139. The molecule has 5 aromatic carbocycles. The quantitative estimate of drug-likeness (QED) is 0.0155. The monoisotopic (exact) mass is 970 g/mol. The van der Waals surface area contributed by atoms with Crippen molar-refractivity contribution in [2.24, 2.45) is 11.0 Å². The highest BCUT2D eigenvalue weighted by molar-refractivity contribution is 9.11. The Morgan fingerprint density at radius 1 is 0.776 bits per heavy atom. The van der Waals surface area contributed by atoms with Gasteiger partial charge in [0.15, 0.2) is 5.11 Å². The van der Waals surface area contributed by atoms with Crippen LogP contribution in [0.1, 0.15) is 22.3 Å². The first-order valence-corrected chi connectivity index (χ1v) is 21.4. The third-order valence-corrected chi connectivity index (χ3v) is 11.4. The number of carbonyl (C=O) groups is 2. The van der Waals surface area contributed by atoms with Gasteiger partial charge in [-0.25, -0.2) is 5.43 Å². The number of halogens is 2. The third-order valence-electron chi connectivity index (χ3n) is 8.17. The van der Waals surface area contributed by atoms with Crippen LogP contribution in [0.2, 0.25) is 0 Å². The van der Waals surface area contributed by atoms with Gasteiger partial charge in [0.05, 0.1) is 15.2 Å². The Morgan fingerprint density at radius 2 is 1.36 bits per heavy atom. The SMILES string of the molecule is C=CNc1ccc(/C=C/c2ccc(NC(=S)NNC(=O)C(Cc3ccc4ccccc4c3)C(=O)N/N=C\c3cc(Br)c(O)c(Br)c3)cc2S(=O)(=O)O)c(S(=O)(=O)O)c1. The van der Waals surface area contributed by atoms with Crippen LogP contribution in [0.15, 0.2) is 128 Å². The van der Waals surface area contributed by atoms with Crippen LogP contribution in [0, 0.1) is 5.92 Å². The van der Waals surface area contributed by atoms with E-state index in [0.717, 1.165) is 22.9 Å². The van der Waals surface area contributed by atoms with Crippen molar-refractivity contribution in [3.8, 4) is 5.75 Å². The first-order chi connectivity index (χ1) is 27.4. The molecule has 0 bridgehead atoms. The largest absolute Gasteiger partial charge is 0.506 e. The van der Waals surface area contributed by atoms with Crippen LogP contribution in [-0.2, 0) is 36.2 Å². The molecular formula is C38H32Br2N6O9S3. The van der Waals surface area contributed by atoms with Crippen molar-refractivity contribution in [3.63, 3.8) is 0 Å². The molecule has 58 heavy (non-hydrogen) atoms. The van der Waals surface area contributed by atoms with Gasteiger partial charge in [-0.15, -0.1) is 0 Å². The Bertz CT molecular complexity index is 2710. The Hall–Kier alpha value is -5.48. The predicted molar refractivity (Wildman–Crippen MR) is 233 cm³/mol. The number of hydrazine groups is 1.